The van der Waals surface area contributed by atoms with Gasteiger partial charge in [-0.2, -0.15) is 0 Å². The van der Waals surface area contributed by atoms with Crippen LogP contribution in [-0.2, 0) is 0 Å². The van der Waals surface area contributed by atoms with Crippen LogP contribution in [0.2, 0.25) is 0 Å². The topological polar surface area (TPSA) is 33.4 Å². The van der Waals surface area contributed by atoms with Crippen LogP contribution >= 0.6 is 11.8 Å². The Morgan fingerprint density at radius 3 is 2.75 bits per heavy atom. The average molecular weight is 238 g/mol. The lowest BCUT2D eigenvalue weighted by Crippen LogP contribution is -1.98. The van der Waals surface area contributed by atoms with E-state index in [1.54, 1.807) is 30.3 Å². The van der Waals surface area contributed by atoms with Gasteiger partial charge in [-0.15, -0.1) is 11.8 Å². The zero-order valence-electron chi connectivity index (χ0n) is 8.47. The second-order valence-electron chi connectivity index (χ2n) is 3.27. The molecule has 2 aromatic rings. The summed E-state index contributed by atoms with van der Waals surface area (Å²) in [5.41, 5.74) is 0. The number of furan rings is 1. The fourth-order valence-electron chi connectivity index (χ4n) is 1.29. The quantitative estimate of drug-likeness (QED) is 0.830. The minimum atomic E-state index is -0.709. The predicted octanol–water partition coefficient (Wildman–Crippen LogP) is 3.24. The van der Waals surface area contributed by atoms with Gasteiger partial charge in [0.15, 0.2) is 0 Å². The fourth-order valence-corrected chi connectivity index (χ4v) is 2.18. The van der Waals surface area contributed by atoms with E-state index in [0.717, 1.165) is 0 Å². The van der Waals surface area contributed by atoms with Crippen molar-refractivity contribution in [2.24, 2.45) is 0 Å². The van der Waals surface area contributed by atoms with Gasteiger partial charge in [-0.3, -0.25) is 0 Å². The van der Waals surface area contributed by atoms with Gasteiger partial charge in [0.1, 0.15) is 17.7 Å². The van der Waals surface area contributed by atoms with Gasteiger partial charge in [0, 0.05) is 10.6 Å². The highest BCUT2D eigenvalue weighted by Crippen LogP contribution is 2.26. The average Bonchev–Trinajstić information content (AvgIpc) is 2.81. The van der Waals surface area contributed by atoms with E-state index in [-0.39, 0.29) is 5.82 Å². The van der Waals surface area contributed by atoms with E-state index in [0.29, 0.717) is 16.4 Å². The fraction of sp³-hybridized carbons (Fsp3) is 0.167. The maximum absolute atomic E-state index is 13.3. The molecule has 1 unspecified atom stereocenters. The summed E-state index contributed by atoms with van der Waals surface area (Å²) in [6.45, 7) is 0. The van der Waals surface area contributed by atoms with Gasteiger partial charge in [-0.1, -0.05) is 12.1 Å². The third-order valence-corrected chi connectivity index (χ3v) is 3.23. The van der Waals surface area contributed by atoms with Crippen LogP contribution in [0.4, 0.5) is 4.39 Å². The first kappa shape index (κ1) is 11.2. The summed E-state index contributed by atoms with van der Waals surface area (Å²) in [5, 5.41) is 9.72. The van der Waals surface area contributed by atoms with Gasteiger partial charge in [0.05, 0.1) is 6.26 Å². The lowest BCUT2D eigenvalue weighted by Gasteiger charge is -2.07. The molecule has 0 saturated heterocycles. The van der Waals surface area contributed by atoms with Crippen LogP contribution in [0.1, 0.15) is 11.9 Å². The number of rotatable bonds is 4. The van der Waals surface area contributed by atoms with Gasteiger partial charge < -0.3 is 9.52 Å². The monoisotopic (exact) mass is 238 g/mol. The molecule has 0 spiro atoms. The number of aliphatic hydroxyl groups excluding tert-OH is 1. The van der Waals surface area contributed by atoms with Crippen LogP contribution in [0.25, 0.3) is 0 Å². The molecule has 0 saturated carbocycles. The van der Waals surface area contributed by atoms with E-state index in [4.69, 9.17) is 4.42 Å². The summed E-state index contributed by atoms with van der Waals surface area (Å²) in [7, 11) is 0. The molecule has 1 atom stereocenters. The zero-order chi connectivity index (χ0) is 11.4. The number of aliphatic hydroxyl groups is 1. The Hall–Kier alpha value is -1.26. The molecule has 0 fully saturated rings. The largest absolute Gasteiger partial charge is 0.467 e. The van der Waals surface area contributed by atoms with Crippen molar-refractivity contribution in [2.45, 2.75) is 11.0 Å². The molecule has 0 aliphatic heterocycles. The first-order valence-electron chi connectivity index (χ1n) is 4.86. The Labute approximate surface area is 97.1 Å². The molecule has 2 rings (SSSR count). The maximum atomic E-state index is 13.3. The van der Waals surface area contributed by atoms with Crippen molar-refractivity contribution in [3.63, 3.8) is 0 Å². The molecule has 0 amide bonds. The molecule has 16 heavy (non-hydrogen) atoms. The smallest absolute Gasteiger partial charge is 0.136 e. The number of thioether (sulfide) groups is 1. The molecule has 0 aliphatic rings. The minimum absolute atomic E-state index is 0.265. The summed E-state index contributed by atoms with van der Waals surface area (Å²) < 4.78 is 18.3. The van der Waals surface area contributed by atoms with Gasteiger partial charge in [0.2, 0.25) is 0 Å². The molecular formula is C12H11FO2S. The predicted molar refractivity (Wildman–Crippen MR) is 60.8 cm³/mol. The SMILES string of the molecule is OC(CSc1ccccc1F)c1ccco1. The minimum Gasteiger partial charge on any atom is -0.467 e. The summed E-state index contributed by atoms with van der Waals surface area (Å²) >= 11 is 1.27. The van der Waals surface area contributed by atoms with Crippen molar-refractivity contribution in [3.05, 3.63) is 54.2 Å². The van der Waals surface area contributed by atoms with E-state index < -0.39 is 6.10 Å². The molecule has 1 heterocycles. The molecule has 1 aromatic carbocycles. The second kappa shape index (κ2) is 5.18. The van der Waals surface area contributed by atoms with Crippen LogP contribution in [0.15, 0.2) is 52.0 Å². The van der Waals surface area contributed by atoms with Gasteiger partial charge in [-0.05, 0) is 24.3 Å². The Morgan fingerprint density at radius 1 is 1.25 bits per heavy atom. The Balaban J connectivity index is 1.95. The summed E-state index contributed by atoms with van der Waals surface area (Å²) in [4.78, 5) is 0.535. The van der Waals surface area contributed by atoms with Crippen LogP contribution in [-0.4, -0.2) is 10.9 Å². The second-order valence-corrected chi connectivity index (χ2v) is 4.33. The Kier molecular flexibility index (Phi) is 3.64. The third kappa shape index (κ3) is 2.65. The van der Waals surface area contributed by atoms with Crippen LogP contribution in [0.3, 0.4) is 0 Å². The number of hydrogen-bond donors (Lipinski definition) is 1. The van der Waals surface area contributed by atoms with Gasteiger partial charge >= 0.3 is 0 Å². The standard InChI is InChI=1S/C12H11FO2S/c13-9-4-1-2-6-12(9)16-8-10(14)11-5-3-7-15-11/h1-7,10,14H,8H2. The van der Waals surface area contributed by atoms with Gasteiger partial charge in [-0.25, -0.2) is 4.39 Å². The third-order valence-electron chi connectivity index (χ3n) is 2.10. The molecule has 0 radical (unpaired) electrons. The molecule has 2 nitrogen and oxygen atoms in total. The van der Waals surface area contributed by atoms with E-state index in [1.807, 2.05) is 0 Å². The van der Waals surface area contributed by atoms with Gasteiger partial charge in [0.25, 0.3) is 0 Å². The Morgan fingerprint density at radius 2 is 2.06 bits per heavy atom. The number of hydrogen-bond acceptors (Lipinski definition) is 3. The molecule has 4 heteroatoms. The first-order chi connectivity index (χ1) is 7.77. The van der Waals surface area contributed by atoms with E-state index >= 15 is 0 Å². The van der Waals surface area contributed by atoms with Crippen molar-refractivity contribution in [1.82, 2.24) is 0 Å². The highest BCUT2D eigenvalue weighted by Gasteiger charge is 2.11. The molecule has 1 N–H and O–H groups in total. The van der Waals surface area contributed by atoms with Crippen molar-refractivity contribution in [2.75, 3.05) is 5.75 Å². The van der Waals surface area contributed by atoms with E-state index in [1.165, 1.54) is 24.1 Å². The summed E-state index contributed by atoms with van der Waals surface area (Å²) in [6.07, 6.45) is 0.798. The zero-order valence-corrected chi connectivity index (χ0v) is 9.28. The molecule has 0 aliphatic carbocycles. The highest BCUT2D eigenvalue weighted by atomic mass is 32.2. The van der Waals surface area contributed by atoms with Crippen molar-refractivity contribution in [1.29, 1.82) is 0 Å². The lowest BCUT2D eigenvalue weighted by molar-refractivity contribution is 0.174. The summed E-state index contributed by atoms with van der Waals surface area (Å²) in [6, 6.07) is 9.92. The van der Waals surface area contributed by atoms with Crippen LogP contribution in [0, 0.1) is 5.82 Å². The van der Waals surface area contributed by atoms with E-state index in [9.17, 15) is 9.50 Å². The molecular weight excluding hydrogens is 227 g/mol. The number of benzene rings is 1. The van der Waals surface area contributed by atoms with E-state index in [2.05, 4.69) is 0 Å². The first-order valence-corrected chi connectivity index (χ1v) is 5.85. The van der Waals surface area contributed by atoms with Crippen molar-refractivity contribution < 1.29 is 13.9 Å². The van der Waals surface area contributed by atoms with Crippen LogP contribution < -0.4 is 0 Å². The maximum Gasteiger partial charge on any atom is 0.136 e. The van der Waals surface area contributed by atoms with Crippen molar-refractivity contribution in [3.8, 4) is 0 Å². The molecule has 84 valence electrons. The van der Waals surface area contributed by atoms with Crippen LogP contribution in [0.5, 0.6) is 0 Å². The Bertz CT molecular complexity index is 442. The lowest BCUT2D eigenvalue weighted by atomic mass is 10.3. The molecule has 1 aromatic heterocycles. The highest BCUT2D eigenvalue weighted by molar-refractivity contribution is 7.99. The van der Waals surface area contributed by atoms with Crippen molar-refractivity contribution >= 4 is 11.8 Å². The normalized spacial score (nSPS) is 12.6. The number of halogens is 1. The molecule has 0 bridgehead atoms. The summed E-state index contributed by atoms with van der Waals surface area (Å²) in [5.74, 6) is 0.608.